The Morgan fingerprint density at radius 1 is 1.16 bits per heavy atom. The van der Waals surface area contributed by atoms with Crippen molar-refractivity contribution in [2.45, 2.75) is 20.3 Å². The number of rotatable bonds is 4. The van der Waals surface area contributed by atoms with Crippen LogP contribution in [0.2, 0.25) is 5.02 Å². The van der Waals surface area contributed by atoms with Crippen molar-refractivity contribution in [1.29, 1.82) is 0 Å². The molecule has 0 radical (unpaired) electrons. The van der Waals surface area contributed by atoms with Gasteiger partial charge in [0.1, 0.15) is 0 Å². The average molecular weight is 377 g/mol. The van der Waals surface area contributed by atoms with Gasteiger partial charge in [0.05, 0.1) is 0 Å². The molecule has 0 unspecified atom stereocenters. The van der Waals surface area contributed by atoms with Crippen molar-refractivity contribution in [2.75, 3.05) is 18.9 Å². The summed E-state index contributed by atoms with van der Waals surface area (Å²) in [5, 5.41) is 10.1. The third-order valence-corrected chi connectivity index (χ3v) is 3.81. The normalized spacial score (nSPS) is 11.1. The number of aryl methyl sites for hydroxylation is 2. The summed E-state index contributed by atoms with van der Waals surface area (Å²) in [5.74, 6) is 0.979. The van der Waals surface area contributed by atoms with Gasteiger partial charge in [0.2, 0.25) is 11.9 Å². The number of hydrogen-bond donors (Lipinski definition) is 3. The Labute approximate surface area is 158 Å². The van der Waals surface area contributed by atoms with E-state index < -0.39 is 0 Å². The second-order valence-electron chi connectivity index (χ2n) is 5.41. The highest BCUT2D eigenvalue weighted by atomic mass is 35.5. The lowest BCUT2D eigenvalue weighted by molar-refractivity contribution is 0.953. The van der Waals surface area contributed by atoms with Crippen molar-refractivity contribution in [3.63, 3.8) is 0 Å². The molecule has 0 bridgehead atoms. The van der Waals surface area contributed by atoms with Gasteiger partial charge in [0.15, 0.2) is 5.11 Å². The molecule has 2 rings (SSSR count). The first-order chi connectivity index (χ1) is 12.0. The van der Waals surface area contributed by atoms with Gasteiger partial charge in [-0.25, -0.2) is 9.97 Å². The van der Waals surface area contributed by atoms with Crippen LogP contribution in [-0.2, 0) is 6.42 Å². The Kier molecular flexibility index (Phi) is 7.09. The summed E-state index contributed by atoms with van der Waals surface area (Å²) in [7, 11) is 1.74. The van der Waals surface area contributed by atoms with Crippen molar-refractivity contribution in [3.05, 3.63) is 52.3 Å². The zero-order chi connectivity index (χ0) is 18.2. The lowest BCUT2D eigenvalue weighted by Crippen LogP contribution is -2.41. The summed E-state index contributed by atoms with van der Waals surface area (Å²) in [4.78, 5) is 13.3. The molecule has 0 fully saturated rings. The van der Waals surface area contributed by atoms with Gasteiger partial charge in [0.25, 0.3) is 0 Å². The fourth-order valence-electron chi connectivity index (χ4n) is 2.12. The average Bonchev–Trinajstić information content (AvgIpc) is 2.55. The number of aromatic nitrogens is 2. The van der Waals surface area contributed by atoms with E-state index in [0.717, 1.165) is 28.4 Å². The molecule has 2 aromatic rings. The van der Waals surface area contributed by atoms with Crippen LogP contribution in [0.1, 0.15) is 17.0 Å². The van der Waals surface area contributed by atoms with Crippen LogP contribution in [0.25, 0.3) is 0 Å². The smallest absolute Gasteiger partial charge is 0.229 e. The van der Waals surface area contributed by atoms with Gasteiger partial charge in [-0.05, 0) is 56.2 Å². The number of nitrogens with one attached hydrogen (secondary N) is 3. The van der Waals surface area contributed by atoms with Crippen LogP contribution in [0.15, 0.2) is 35.3 Å². The Bertz CT molecular complexity index is 740. The molecule has 3 N–H and O–H groups in total. The van der Waals surface area contributed by atoms with E-state index in [1.165, 1.54) is 0 Å². The number of anilines is 1. The van der Waals surface area contributed by atoms with E-state index >= 15 is 0 Å². The quantitative estimate of drug-likeness (QED) is 0.433. The Hall–Kier alpha value is -2.25. The van der Waals surface area contributed by atoms with Crippen molar-refractivity contribution in [2.24, 2.45) is 4.99 Å². The van der Waals surface area contributed by atoms with E-state index in [1.54, 1.807) is 7.05 Å². The molecule has 0 aliphatic carbocycles. The van der Waals surface area contributed by atoms with E-state index in [1.807, 2.05) is 44.2 Å². The molecule has 0 spiro atoms. The van der Waals surface area contributed by atoms with Gasteiger partial charge < -0.3 is 10.6 Å². The fraction of sp³-hybridized carbons (Fsp3) is 0.294. The molecule has 0 aliphatic rings. The second kappa shape index (κ2) is 9.29. The molecule has 1 heterocycles. The first-order valence-corrected chi connectivity index (χ1v) is 8.62. The predicted molar refractivity (Wildman–Crippen MR) is 107 cm³/mol. The van der Waals surface area contributed by atoms with Crippen molar-refractivity contribution < 1.29 is 0 Å². The third kappa shape index (κ3) is 6.64. The first kappa shape index (κ1) is 19.1. The molecule has 0 aliphatic heterocycles. The summed E-state index contributed by atoms with van der Waals surface area (Å²) < 4.78 is 0. The number of benzene rings is 1. The lowest BCUT2D eigenvalue weighted by atomic mass is 10.1. The van der Waals surface area contributed by atoms with Crippen LogP contribution >= 0.6 is 23.8 Å². The van der Waals surface area contributed by atoms with E-state index in [0.29, 0.717) is 23.6 Å². The fourth-order valence-corrected chi connectivity index (χ4v) is 2.34. The van der Waals surface area contributed by atoms with Crippen molar-refractivity contribution >= 4 is 40.8 Å². The van der Waals surface area contributed by atoms with Crippen LogP contribution in [0.4, 0.5) is 5.95 Å². The van der Waals surface area contributed by atoms with E-state index in [-0.39, 0.29) is 0 Å². The zero-order valence-corrected chi connectivity index (χ0v) is 16.0. The minimum Gasteiger partial charge on any atom is -0.365 e. The van der Waals surface area contributed by atoms with Gasteiger partial charge in [-0.1, -0.05) is 23.7 Å². The molecular formula is C17H21ClN6S. The Morgan fingerprint density at radius 2 is 1.80 bits per heavy atom. The van der Waals surface area contributed by atoms with E-state index in [4.69, 9.17) is 23.8 Å². The zero-order valence-electron chi connectivity index (χ0n) is 14.4. The molecule has 0 saturated heterocycles. The second-order valence-corrected chi connectivity index (χ2v) is 6.25. The number of hydrogen-bond acceptors (Lipinski definition) is 4. The van der Waals surface area contributed by atoms with Crippen LogP contribution in [0, 0.1) is 13.8 Å². The molecule has 0 saturated carbocycles. The van der Waals surface area contributed by atoms with Crippen molar-refractivity contribution in [1.82, 2.24) is 20.6 Å². The minimum atomic E-state index is 0.460. The molecule has 1 aromatic carbocycles. The largest absolute Gasteiger partial charge is 0.365 e. The molecule has 1 aromatic heterocycles. The summed E-state index contributed by atoms with van der Waals surface area (Å²) in [6.45, 7) is 4.42. The minimum absolute atomic E-state index is 0.460. The van der Waals surface area contributed by atoms with Gasteiger partial charge in [-0.15, -0.1) is 0 Å². The number of halogens is 1. The van der Waals surface area contributed by atoms with Gasteiger partial charge in [-0.2, -0.15) is 0 Å². The highest BCUT2D eigenvalue weighted by Gasteiger charge is 2.06. The monoisotopic (exact) mass is 376 g/mol. The highest BCUT2D eigenvalue weighted by molar-refractivity contribution is 7.80. The Morgan fingerprint density at radius 3 is 2.40 bits per heavy atom. The van der Waals surface area contributed by atoms with Gasteiger partial charge >= 0.3 is 0 Å². The first-order valence-electron chi connectivity index (χ1n) is 7.83. The molecule has 6 nitrogen and oxygen atoms in total. The highest BCUT2D eigenvalue weighted by Crippen LogP contribution is 2.10. The van der Waals surface area contributed by atoms with Crippen LogP contribution < -0.4 is 16.0 Å². The topological polar surface area (TPSA) is 74.2 Å². The summed E-state index contributed by atoms with van der Waals surface area (Å²) >= 11 is 11.1. The van der Waals surface area contributed by atoms with Gasteiger partial charge in [0, 0.05) is 30.0 Å². The molecule has 25 heavy (non-hydrogen) atoms. The number of nitrogens with zero attached hydrogens (tertiary/aromatic N) is 3. The van der Waals surface area contributed by atoms with Gasteiger partial charge in [-0.3, -0.25) is 10.3 Å². The summed E-state index contributed by atoms with van der Waals surface area (Å²) in [6.07, 6.45) is 0.782. The molecule has 0 amide bonds. The van der Waals surface area contributed by atoms with E-state index in [2.05, 4.69) is 30.9 Å². The summed E-state index contributed by atoms with van der Waals surface area (Å²) in [5.41, 5.74) is 2.92. The van der Waals surface area contributed by atoms with Crippen molar-refractivity contribution in [3.8, 4) is 0 Å². The number of aliphatic imine (C=N–C) groups is 1. The van der Waals surface area contributed by atoms with E-state index in [9.17, 15) is 0 Å². The maximum absolute atomic E-state index is 5.90. The SMILES string of the molecule is CNC(=S)NC(=NCCc1ccc(Cl)cc1)Nc1nc(C)cc(C)n1. The van der Waals surface area contributed by atoms with Crippen LogP contribution in [0.5, 0.6) is 0 Å². The lowest BCUT2D eigenvalue weighted by Gasteiger charge is -2.12. The number of guanidine groups is 1. The third-order valence-electron chi connectivity index (χ3n) is 3.26. The summed E-state index contributed by atoms with van der Waals surface area (Å²) in [6, 6.07) is 9.64. The predicted octanol–water partition coefficient (Wildman–Crippen LogP) is 2.85. The molecule has 0 atom stereocenters. The molecule has 8 heteroatoms. The van der Waals surface area contributed by atoms with Crippen LogP contribution in [-0.4, -0.2) is 34.6 Å². The maximum Gasteiger partial charge on any atom is 0.229 e. The van der Waals surface area contributed by atoms with Crippen LogP contribution in [0.3, 0.4) is 0 Å². The Balaban J connectivity index is 2.08. The standard InChI is InChI=1S/C17H21ClN6S/c1-11-10-12(2)22-16(21-11)23-15(24-17(25)19-3)20-9-8-13-4-6-14(18)7-5-13/h4-7,10H,8-9H2,1-3H3,(H3,19,20,21,22,23,24,25). The molecular weight excluding hydrogens is 356 g/mol. The molecule has 132 valence electrons. The number of thiocarbonyl (C=S) groups is 1. The maximum atomic E-state index is 5.90.